The van der Waals surface area contributed by atoms with Gasteiger partial charge in [-0.05, 0) is 53.6 Å². The molecule has 3 aromatic rings. The highest BCUT2D eigenvalue weighted by molar-refractivity contribution is 5.95. The minimum atomic E-state index is -0.394. The summed E-state index contributed by atoms with van der Waals surface area (Å²) in [5.74, 6) is -0.507. The van der Waals surface area contributed by atoms with E-state index in [4.69, 9.17) is 0 Å². The number of hydrogen-bond donors (Lipinski definition) is 1. The first kappa shape index (κ1) is 17.6. The lowest BCUT2D eigenvalue weighted by molar-refractivity contribution is 0.0943. The third kappa shape index (κ3) is 4.06. The molecule has 1 N–H and O–H groups in total. The molecule has 0 radical (unpaired) electrons. The predicted molar refractivity (Wildman–Crippen MR) is 101 cm³/mol. The highest BCUT2D eigenvalue weighted by Crippen LogP contribution is 2.23. The Labute approximate surface area is 152 Å². The van der Waals surface area contributed by atoms with Crippen LogP contribution in [-0.4, -0.2) is 25.0 Å². The quantitative estimate of drug-likeness (QED) is 0.762. The zero-order chi connectivity index (χ0) is 18.5. The second-order valence-corrected chi connectivity index (χ2v) is 6.18. The summed E-state index contributed by atoms with van der Waals surface area (Å²) in [7, 11) is 3.85. The van der Waals surface area contributed by atoms with Crippen LogP contribution in [0.25, 0.3) is 0 Å². The van der Waals surface area contributed by atoms with E-state index >= 15 is 0 Å². The molecule has 0 saturated heterocycles. The maximum atomic E-state index is 13.3. The first-order chi connectivity index (χ1) is 12.5. The van der Waals surface area contributed by atoms with Crippen LogP contribution in [0.2, 0.25) is 0 Å². The first-order valence-electron chi connectivity index (χ1n) is 8.28. The van der Waals surface area contributed by atoms with E-state index in [0.29, 0.717) is 5.56 Å². The number of benzene rings is 2. The molecule has 3 rings (SSSR count). The third-order valence-corrected chi connectivity index (χ3v) is 4.14. The largest absolute Gasteiger partial charge is 0.378 e. The molecule has 1 amide bonds. The number of nitrogens with zero attached hydrogens (tertiary/aromatic N) is 2. The molecular weight excluding hydrogens is 329 g/mol. The number of carbonyl (C=O) groups excluding carboxylic acids is 1. The van der Waals surface area contributed by atoms with E-state index < -0.39 is 6.04 Å². The highest BCUT2D eigenvalue weighted by atomic mass is 19.1. The van der Waals surface area contributed by atoms with E-state index in [2.05, 4.69) is 10.3 Å². The minimum Gasteiger partial charge on any atom is -0.378 e. The van der Waals surface area contributed by atoms with Gasteiger partial charge in [-0.25, -0.2) is 4.39 Å². The molecule has 0 spiro atoms. The van der Waals surface area contributed by atoms with Gasteiger partial charge in [-0.15, -0.1) is 0 Å². The van der Waals surface area contributed by atoms with Crippen LogP contribution < -0.4 is 10.2 Å². The normalized spacial score (nSPS) is 11.7. The molecule has 1 heterocycles. The summed E-state index contributed by atoms with van der Waals surface area (Å²) in [5, 5.41) is 3.04. The zero-order valence-corrected chi connectivity index (χ0v) is 14.7. The molecule has 2 aromatic carbocycles. The van der Waals surface area contributed by atoms with Crippen molar-refractivity contribution in [3.63, 3.8) is 0 Å². The van der Waals surface area contributed by atoms with Crippen LogP contribution >= 0.6 is 0 Å². The molecule has 1 atom stereocenters. The second kappa shape index (κ2) is 7.78. The average Bonchev–Trinajstić information content (AvgIpc) is 2.67. The Bertz CT molecular complexity index is 879. The lowest BCUT2D eigenvalue weighted by atomic mass is 9.99. The first-order valence-corrected chi connectivity index (χ1v) is 8.28. The van der Waals surface area contributed by atoms with Crippen molar-refractivity contribution in [2.75, 3.05) is 19.0 Å². The number of nitrogens with one attached hydrogen (secondary N) is 1. The zero-order valence-electron chi connectivity index (χ0n) is 14.7. The molecular formula is C21H20FN3O. The molecule has 0 aliphatic carbocycles. The number of rotatable bonds is 5. The number of amides is 1. The van der Waals surface area contributed by atoms with Gasteiger partial charge in [0.1, 0.15) is 5.82 Å². The topological polar surface area (TPSA) is 45.2 Å². The van der Waals surface area contributed by atoms with Crippen molar-refractivity contribution in [2.45, 2.75) is 6.04 Å². The Hall–Kier alpha value is -3.21. The average molecular weight is 349 g/mol. The fourth-order valence-corrected chi connectivity index (χ4v) is 2.71. The summed E-state index contributed by atoms with van der Waals surface area (Å²) in [6.45, 7) is 0. The van der Waals surface area contributed by atoms with Crippen molar-refractivity contribution < 1.29 is 9.18 Å². The number of halogens is 1. The molecule has 26 heavy (non-hydrogen) atoms. The number of hydrogen-bond acceptors (Lipinski definition) is 3. The number of anilines is 1. The van der Waals surface area contributed by atoms with E-state index in [9.17, 15) is 9.18 Å². The van der Waals surface area contributed by atoms with Gasteiger partial charge in [0, 0.05) is 37.7 Å². The van der Waals surface area contributed by atoms with Crippen molar-refractivity contribution >= 4 is 11.6 Å². The summed E-state index contributed by atoms with van der Waals surface area (Å²) >= 11 is 0. The van der Waals surface area contributed by atoms with E-state index in [1.54, 1.807) is 30.6 Å². The van der Waals surface area contributed by atoms with Crippen molar-refractivity contribution in [1.82, 2.24) is 10.3 Å². The molecule has 0 aliphatic rings. The van der Waals surface area contributed by atoms with Gasteiger partial charge in [-0.1, -0.05) is 18.2 Å². The van der Waals surface area contributed by atoms with Crippen molar-refractivity contribution in [2.24, 2.45) is 0 Å². The van der Waals surface area contributed by atoms with Crippen LogP contribution in [0.5, 0.6) is 0 Å². The van der Waals surface area contributed by atoms with Crippen LogP contribution in [0.15, 0.2) is 73.1 Å². The van der Waals surface area contributed by atoms with E-state index in [-0.39, 0.29) is 11.7 Å². The molecule has 5 heteroatoms. The summed E-state index contributed by atoms with van der Waals surface area (Å²) in [6.07, 6.45) is 3.34. The molecule has 0 bridgehead atoms. The van der Waals surface area contributed by atoms with Crippen LogP contribution in [0.3, 0.4) is 0 Å². The van der Waals surface area contributed by atoms with E-state index in [0.717, 1.165) is 16.8 Å². The van der Waals surface area contributed by atoms with Gasteiger partial charge in [0.05, 0.1) is 6.04 Å². The molecule has 0 fully saturated rings. The Morgan fingerprint density at radius 1 is 1.00 bits per heavy atom. The van der Waals surface area contributed by atoms with Gasteiger partial charge in [-0.2, -0.15) is 0 Å². The minimum absolute atomic E-state index is 0.195. The van der Waals surface area contributed by atoms with Gasteiger partial charge in [0.15, 0.2) is 0 Å². The second-order valence-electron chi connectivity index (χ2n) is 6.18. The van der Waals surface area contributed by atoms with Gasteiger partial charge in [0.2, 0.25) is 0 Å². The molecule has 0 saturated carbocycles. The summed E-state index contributed by atoms with van der Waals surface area (Å²) in [6, 6.07) is 16.8. The van der Waals surface area contributed by atoms with Crippen LogP contribution in [0.4, 0.5) is 10.1 Å². The third-order valence-electron chi connectivity index (χ3n) is 4.14. The SMILES string of the molecule is CN(C)c1cccc(C(=O)NC(c2ccncc2)c2ccc(F)cc2)c1. The summed E-state index contributed by atoms with van der Waals surface area (Å²) in [4.78, 5) is 18.8. The lowest BCUT2D eigenvalue weighted by Crippen LogP contribution is -2.29. The van der Waals surface area contributed by atoms with Gasteiger partial charge in [-0.3, -0.25) is 9.78 Å². The number of pyridine rings is 1. The smallest absolute Gasteiger partial charge is 0.252 e. The Morgan fingerprint density at radius 2 is 1.65 bits per heavy atom. The molecule has 0 aliphatic heterocycles. The maximum absolute atomic E-state index is 13.3. The highest BCUT2D eigenvalue weighted by Gasteiger charge is 2.18. The molecule has 132 valence electrons. The van der Waals surface area contributed by atoms with Crippen molar-refractivity contribution in [3.05, 3.63) is 95.6 Å². The fraction of sp³-hybridized carbons (Fsp3) is 0.143. The lowest BCUT2D eigenvalue weighted by Gasteiger charge is -2.20. The van der Waals surface area contributed by atoms with Gasteiger partial charge in [0.25, 0.3) is 5.91 Å². The Kier molecular flexibility index (Phi) is 5.27. The van der Waals surface area contributed by atoms with Gasteiger partial charge >= 0.3 is 0 Å². The Morgan fingerprint density at radius 3 is 2.31 bits per heavy atom. The standard InChI is InChI=1S/C21H20FN3O/c1-25(2)19-5-3-4-17(14-19)21(26)24-20(16-10-12-23-13-11-16)15-6-8-18(22)9-7-15/h3-14,20H,1-2H3,(H,24,26). The summed E-state index contributed by atoms with van der Waals surface area (Å²) in [5.41, 5.74) is 3.19. The molecule has 1 aromatic heterocycles. The van der Waals surface area contributed by atoms with Gasteiger partial charge < -0.3 is 10.2 Å². The Balaban J connectivity index is 1.92. The summed E-state index contributed by atoms with van der Waals surface area (Å²) < 4.78 is 13.3. The maximum Gasteiger partial charge on any atom is 0.252 e. The van der Waals surface area contributed by atoms with Crippen LogP contribution in [0.1, 0.15) is 27.5 Å². The fourth-order valence-electron chi connectivity index (χ4n) is 2.71. The van der Waals surface area contributed by atoms with Crippen LogP contribution in [0, 0.1) is 5.82 Å². The van der Waals surface area contributed by atoms with E-state index in [1.807, 2.05) is 49.3 Å². The van der Waals surface area contributed by atoms with Crippen molar-refractivity contribution in [3.8, 4) is 0 Å². The molecule has 1 unspecified atom stereocenters. The van der Waals surface area contributed by atoms with E-state index in [1.165, 1.54) is 12.1 Å². The predicted octanol–water partition coefficient (Wildman–Crippen LogP) is 3.81. The monoisotopic (exact) mass is 349 g/mol. The van der Waals surface area contributed by atoms with Crippen LogP contribution in [-0.2, 0) is 0 Å². The number of aromatic nitrogens is 1. The molecule has 4 nitrogen and oxygen atoms in total. The van der Waals surface area contributed by atoms with Crippen molar-refractivity contribution in [1.29, 1.82) is 0 Å². The number of carbonyl (C=O) groups is 1.